The largest absolute Gasteiger partial charge is 0.335 e. The Morgan fingerprint density at radius 2 is 2.36 bits per heavy atom. The Hall–Kier alpha value is -1.40. The lowest BCUT2D eigenvalue weighted by molar-refractivity contribution is -0.132. The molecule has 0 spiro atoms. The summed E-state index contributed by atoms with van der Waals surface area (Å²) in [5.74, 6) is 0.176. The number of hydrogen-bond donors (Lipinski definition) is 0. The van der Waals surface area contributed by atoms with Crippen LogP contribution in [-0.4, -0.2) is 32.1 Å². The molecule has 1 aliphatic heterocycles. The van der Waals surface area contributed by atoms with Crippen LogP contribution >= 0.6 is 22.9 Å². The molecule has 0 radical (unpaired) electrons. The molecular weight excluding hydrogens is 320 g/mol. The molecule has 1 saturated heterocycles. The maximum Gasteiger partial charge on any atom is 0.223 e. The molecule has 5 nitrogen and oxygen atoms in total. The van der Waals surface area contributed by atoms with E-state index in [-0.39, 0.29) is 11.9 Å². The number of carbonyl (C=O) groups excluding carboxylic acids is 1. The van der Waals surface area contributed by atoms with Gasteiger partial charge in [-0.2, -0.15) is 5.10 Å². The van der Waals surface area contributed by atoms with Crippen molar-refractivity contribution in [2.75, 3.05) is 6.54 Å². The second-order valence-electron chi connectivity index (χ2n) is 5.64. The monoisotopic (exact) mass is 338 g/mol. The predicted molar refractivity (Wildman–Crippen MR) is 87.1 cm³/mol. The smallest absolute Gasteiger partial charge is 0.223 e. The van der Waals surface area contributed by atoms with Gasteiger partial charge in [0, 0.05) is 31.0 Å². The van der Waals surface area contributed by atoms with Gasteiger partial charge >= 0.3 is 0 Å². The Morgan fingerprint density at radius 3 is 3.00 bits per heavy atom. The third-order valence-corrected chi connectivity index (χ3v) is 5.26. The fourth-order valence-corrected chi connectivity index (χ4v) is 4.02. The van der Waals surface area contributed by atoms with Gasteiger partial charge in [-0.1, -0.05) is 11.6 Å². The number of amides is 1. The lowest BCUT2D eigenvalue weighted by atomic mass is 10.1. The van der Waals surface area contributed by atoms with Crippen LogP contribution in [0.1, 0.15) is 42.3 Å². The third-order valence-electron chi connectivity index (χ3n) is 4.18. The standard InChI is InChI=1S/C15H19ClN4OS/c1-10-14(15(16)19(2)18-10)12-4-3-7-20(12)13(21)6-5-11-8-22-9-17-11/h8-9,12H,3-7H2,1-2H3/t12-/m1/s1. The number of aryl methyl sites for hydroxylation is 3. The average molecular weight is 339 g/mol. The summed E-state index contributed by atoms with van der Waals surface area (Å²) < 4.78 is 1.68. The number of hydrogen-bond acceptors (Lipinski definition) is 4. The van der Waals surface area contributed by atoms with Gasteiger partial charge < -0.3 is 4.90 Å². The fraction of sp³-hybridized carbons (Fsp3) is 0.533. The summed E-state index contributed by atoms with van der Waals surface area (Å²) in [5.41, 5.74) is 4.71. The molecular formula is C15H19ClN4OS. The summed E-state index contributed by atoms with van der Waals surface area (Å²) in [6.45, 7) is 2.75. The molecule has 3 heterocycles. The van der Waals surface area contributed by atoms with Gasteiger partial charge in [0.05, 0.1) is 22.9 Å². The van der Waals surface area contributed by atoms with Crippen molar-refractivity contribution in [3.05, 3.63) is 33.0 Å². The summed E-state index contributed by atoms with van der Waals surface area (Å²) in [4.78, 5) is 18.8. The van der Waals surface area contributed by atoms with Crippen molar-refractivity contribution in [2.45, 2.75) is 38.6 Å². The lowest BCUT2D eigenvalue weighted by Crippen LogP contribution is -2.31. The van der Waals surface area contributed by atoms with E-state index in [0.29, 0.717) is 18.0 Å². The molecule has 0 bridgehead atoms. The first-order valence-corrected chi connectivity index (χ1v) is 8.75. The topological polar surface area (TPSA) is 51.0 Å². The van der Waals surface area contributed by atoms with E-state index in [0.717, 1.165) is 36.3 Å². The Kier molecular flexibility index (Phi) is 4.49. The van der Waals surface area contributed by atoms with Crippen LogP contribution in [0.25, 0.3) is 0 Å². The molecule has 2 aromatic rings. The molecule has 0 aliphatic carbocycles. The highest BCUT2D eigenvalue weighted by Crippen LogP contribution is 2.37. The highest BCUT2D eigenvalue weighted by molar-refractivity contribution is 7.07. The molecule has 1 aliphatic rings. The Bertz CT molecular complexity index is 667. The molecule has 118 valence electrons. The summed E-state index contributed by atoms with van der Waals surface area (Å²) in [6, 6.07) is 0.0594. The van der Waals surface area contributed by atoms with Gasteiger partial charge in [-0.3, -0.25) is 9.48 Å². The number of carbonyl (C=O) groups is 1. The van der Waals surface area contributed by atoms with Crippen LogP contribution in [-0.2, 0) is 18.3 Å². The zero-order valence-corrected chi connectivity index (χ0v) is 14.3. The normalized spacial score (nSPS) is 18.1. The highest BCUT2D eigenvalue weighted by Gasteiger charge is 2.33. The van der Waals surface area contributed by atoms with Crippen LogP contribution in [0, 0.1) is 6.92 Å². The quantitative estimate of drug-likeness (QED) is 0.860. The molecule has 1 atom stereocenters. The average Bonchev–Trinajstić information content (AvgIpc) is 3.19. The van der Waals surface area contributed by atoms with E-state index in [4.69, 9.17) is 11.6 Å². The zero-order chi connectivity index (χ0) is 15.7. The summed E-state index contributed by atoms with van der Waals surface area (Å²) in [6.07, 6.45) is 3.16. The molecule has 22 heavy (non-hydrogen) atoms. The van der Waals surface area contributed by atoms with E-state index in [2.05, 4.69) is 10.1 Å². The van der Waals surface area contributed by atoms with Crippen LogP contribution in [0.2, 0.25) is 5.15 Å². The number of likely N-dealkylation sites (tertiary alicyclic amines) is 1. The van der Waals surface area contributed by atoms with Crippen molar-refractivity contribution in [1.29, 1.82) is 0 Å². The minimum absolute atomic E-state index is 0.0594. The van der Waals surface area contributed by atoms with E-state index in [9.17, 15) is 4.79 Å². The number of thiazole rings is 1. The predicted octanol–water partition coefficient (Wildman–Crippen LogP) is 3.13. The molecule has 0 N–H and O–H groups in total. The van der Waals surface area contributed by atoms with Gasteiger partial charge in [0.25, 0.3) is 0 Å². The highest BCUT2D eigenvalue weighted by atomic mass is 35.5. The maximum atomic E-state index is 12.6. The van der Waals surface area contributed by atoms with E-state index in [1.165, 1.54) is 0 Å². The van der Waals surface area contributed by atoms with Crippen molar-refractivity contribution in [2.24, 2.45) is 7.05 Å². The van der Waals surface area contributed by atoms with Crippen LogP contribution in [0.3, 0.4) is 0 Å². The van der Waals surface area contributed by atoms with Crippen LogP contribution < -0.4 is 0 Å². The summed E-state index contributed by atoms with van der Waals surface area (Å²) >= 11 is 7.94. The number of halogens is 1. The number of rotatable bonds is 4. The first-order chi connectivity index (χ1) is 10.6. The van der Waals surface area contributed by atoms with E-state index in [1.54, 1.807) is 21.5 Å². The Labute approximate surface area is 138 Å². The summed E-state index contributed by atoms with van der Waals surface area (Å²) in [5, 5.41) is 7.01. The van der Waals surface area contributed by atoms with Crippen molar-refractivity contribution in [1.82, 2.24) is 19.7 Å². The first-order valence-electron chi connectivity index (χ1n) is 7.43. The minimum Gasteiger partial charge on any atom is -0.335 e. The Balaban J connectivity index is 1.73. The van der Waals surface area contributed by atoms with Crippen molar-refractivity contribution in [3.63, 3.8) is 0 Å². The molecule has 3 rings (SSSR count). The van der Waals surface area contributed by atoms with E-state index < -0.39 is 0 Å². The zero-order valence-electron chi connectivity index (χ0n) is 12.8. The van der Waals surface area contributed by atoms with Gasteiger partial charge in [0.1, 0.15) is 5.15 Å². The van der Waals surface area contributed by atoms with E-state index in [1.807, 2.05) is 24.3 Å². The second-order valence-corrected chi connectivity index (χ2v) is 6.72. The molecule has 1 amide bonds. The van der Waals surface area contributed by atoms with Crippen molar-refractivity contribution >= 4 is 28.8 Å². The number of nitrogens with zero attached hydrogens (tertiary/aromatic N) is 4. The second kappa shape index (κ2) is 6.38. The van der Waals surface area contributed by atoms with Crippen molar-refractivity contribution < 1.29 is 4.79 Å². The molecule has 2 aromatic heterocycles. The van der Waals surface area contributed by atoms with Crippen LogP contribution in [0.15, 0.2) is 10.9 Å². The molecule has 0 saturated carbocycles. The first kappa shape index (κ1) is 15.5. The van der Waals surface area contributed by atoms with Gasteiger partial charge in [-0.15, -0.1) is 11.3 Å². The number of aromatic nitrogens is 3. The van der Waals surface area contributed by atoms with E-state index >= 15 is 0 Å². The van der Waals surface area contributed by atoms with Crippen LogP contribution in [0.5, 0.6) is 0 Å². The minimum atomic E-state index is 0.0594. The maximum absolute atomic E-state index is 12.6. The molecule has 0 unspecified atom stereocenters. The third kappa shape index (κ3) is 2.90. The van der Waals surface area contributed by atoms with Crippen molar-refractivity contribution in [3.8, 4) is 0 Å². The SMILES string of the molecule is Cc1nn(C)c(Cl)c1[C@H]1CCCN1C(=O)CCc1cscn1. The lowest BCUT2D eigenvalue weighted by Gasteiger charge is -2.25. The molecule has 1 fully saturated rings. The molecule has 0 aromatic carbocycles. The fourth-order valence-electron chi connectivity index (χ4n) is 3.13. The van der Waals surface area contributed by atoms with Gasteiger partial charge in [0.2, 0.25) is 5.91 Å². The van der Waals surface area contributed by atoms with Gasteiger partial charge in [-0.05, 0) is 26.2 Å². The van der Waals surface area contributed by atoms with Crippen LogP contribution in [0.4, 0.5) is 0 Å². The van der Waals surface area contributed by atoms with Gasteiger partial charge in [0.15, 0.2) is 0 Å². The van der Waals surface area contributed by atoms with Gasteiger partial charge in [-0.25, -0.2) is 4.98 Å². The summed E-state index contributed by atoms with van der Waals surface area (Å²) in [7, 11) is 1.84. The molecule has 7 heteroatoms. The Morgan fingerprint density at radius 1 is 1.55 bits per heavy atom.